The van der Waals surface area contributed by atoms with Gasteiger partial charge in [0.1, 0.15) is 0 Å². The third kappa shape index (κ3) is 9.43. The predicted octanol–water partition coefficient (Wildman–Crippen LogP) is 4.93. The van der Waals surface area contributed by atoms with Gasteiger partial charge in [-0.05, 0) is 44.7 Å². The van der Waals surface area contributed by atoms with Crippen LogP contribution in [-0.4, -0.2) is 18.8 Å². The maximum Gasteiger partial charge on any atom is 0.0797 e. The average molecular weight is 267 g/mol. The van der Waals surface area contributed by atoms with E-state index in [1.54, 1.807) is 0 Å². The Bertz CT molecular complexity index is 300. The van der Waals surface area contributed by atoms with Gasteiger partial charge in [0.2, 0.25) is 0 Å². The first kappa shape index (κ1) is 17.4. The minimum atomic E-state index is -1.17. The van der Waals surface area contributed by atoms with E-state index in [0.29, 0.717) is 0 Å². The fraction of sp³-hybridized carbons (Fsp3) is 0.625. The van der Waals surface area contributed by atoms with E-state index in [9.17, 15) is 5.11 Å². The van der Waals surface area contributed by atoms with E-state index in [4.69, 9.17) is 0 Å². The van der Waals surface area contributed by atoms with E-state index in [2.05, 4.69) is 38.4 Å². The summed E-state index contributed by atoms with van der Waals surface area (Å²) in [7, 11) is -1.17. The van der Waals surface area contributed by atoms with Crippen LogP contribution in [0.25, 0.3) is 0 Å². The highest BCUT2D eigenvalue weighted by Gasteiger charge is 2.24. The van der Waals surface area contributed by atoms with Crippen LogP contribution in [0.2, 0.25) is 25.7 Å². The first-order valence-corrected chi connectivity index (χ1v) is 10.6. The van der Waals surface area contributed by atoms with Crippen LogP contribution >= 0.6 is 0 Å². The highest BCUT2D eigenvalue weighted by Crippen LogP contribution is 2.26. The average Bonchev–Trinajstić information content (AvgIpc) is 2.18. The molecule has 0 aliphatic carbocycles. The normalized spacial score (nSPS) is 14.2. The van der Waals surface area contributed by atoms with E-state index in [1.165, 1.54) is 5.57 Å². The summed E-state index contributed by atoms with van der Waals surface area (Å²) in [6.45, 7) is 14.5. The minimum Gasteiger partial charge on any atom is -0.386 e. The van der Waals surface area contributed by atoms with Gasteiger partial charge < -0.3 is 5.11 Å². The number of hydrogen-bond acceptors (Lipinski definition) is 1. The minimum absolute atomic E-state index is 0.669. The second-order valence-corrected chi connectivity index (χ2v) is 12.1. The molecule has 0 aliphatic rings. The molecule has 0 radical (unpaired) electrons. The standard InChI is InChI=1S/C16H30OSi/c1-7-8-9-10-11-12-13-15(16(2,3)17)14-18(4,5)6/h7-9,13,17H,1,10-12,14H2,2-6H3/b9-8-,15-13+. The molecule has 0 bridgehead atoms. The van der Waals surface area contributed by atoms with Gasteiger partial charge in [0.05, 0.1) is 5.60 Å². The van der Waals surface area contributed by atoms with Crippen molar-refractivity contribution < 1.29 is 5.11 Å². The van der Waals surface area contributed by atoms with Gasteiger partial charge in [0.15, 0.2) is 0 Å². The Morgan fingerprint density at radius 3 is 2.28 bits per heavy atom. The van der Waals surface area contributed by atoms with Crippen molar-refractivity contribution in [1.82, 2.24) is 0 Å². The van der Waals surface area contributed by atoms with E-state index in [0.717, 1.165) is 25.3 Å². The Morgan fingerprint density at radius 2 is 1.83 bits per heavy atom. The van der Waals surface area contributed by atoms with Crippen molar-refractivity contribution in [2.24, 2.45) is 0 Å². The van der Waals surface area contributed by atoms with Crippen molar-refractivity contribution in [2.75, 3.05) is 0 Å². The monoisotopic (exact) mass is 266 g/mol. The predicted molar refractivity (Wildman–Crippen MR) is 85.7 cm³/mol. The zero-order valence-electron chi connectivity index (χ0n) is 12.8. The number of rotatable bonds is 8. The van der Waals surface area contributed by atoms with E-state index < -0.39 is 13.7 Å². The third-order valence-electron chi connectivity index (χ3n) is 2.74. The highest BCUT2D eigenvalue weighted by atomic mass is 28.3. The van der Waals surface area contributed by atoms with Crippen LogP contribution in [-0.2, 0) is 0 Å². The van der Waals surface area contributed by atoms with Crippen molar-refractivity contribution in [2.45, 2.75) is 64.4 Å². The highest BCUT2D eigenvalue weighted by molar-refractivity contribution is 6.76. The van der Waals surface area contributed by atoms with Gasteiger partial charge in [-0.2, -0.15) is 0 Å². The Morgan fingerprint density at radius 1 is 1.22 bits per heavy atom. The molecule has 1 nitrogen and oxygen atoms in total. The fourth-order valence-corrected chi connectivity index (χ4v) is 3.53. The summed E-state index contributed by atoms with van der Waals surface area (Å²) in [5, 5.41) is 10.2. The lowest BCUT2D eigenvalue weighted by Gasteiger charge is -2.27. The Balaban J connectivity index is 4.40. The lowest BCUT2D eigenvalue weighted by molar-refractivity contribution is 0.119. The second kappa shape index (κ2) is 7.75. The molecule has 0 aromatic heterocycles. The molecule has 0 fully saturated rings. The number of aliphatic hydroxyl groups is 1. The molecule has 0 unspecified atom stereocenters. The number of allylic oxidation sites excluding steroid dienone is 4. The quantitative estimate of drug-likeness (QED) is 0.286. The summed E-state index contributed by atoms with van der Waals surface area (Å²) in [6, 6.07) is 1.08. The Labute approximate surface area is 114 Å². The molecule has 0 aromatic rings. The number of hydrogen-bond donors (Lipinski definition) is 1. The largest absolute Gasteiger partial charge is 0.386 e. The molecule has 0 saturated carbocycles. The first-order chi connectivity index (χ1) is 8.17. The van der Waals surface area contributed by atoms with E-state index >= 15 is 0 Å². The fourth-order valence-electron chi connectivity index (χ4n) is 1.81. The van der Waals surface area contributed by atoms with Crippen LogP contribution in [0.4, 0.5) is 0 Å². The lowest BCUT2D eigenvalue weighted by atomic mass is 9.98. The molecule has 2 heteroatoms. The molecule has 0 spiro atoms. The summed E-state index contributed by atoms with van der Waals surface area (Å²) in [5.74, 6) is 0. The zero-order valence-corrected chi connectivity index (χ0v) is 13.8. The number of unbranched alkanes of at least 4 members (excludes halogenated alkanes) is 2. The topological polar surface area (TPSA) is 20.2 Å². The maximum absolute atomic E-state index is 10.2. The molecule has 0 heterocycles. The van der Waals surface area contributed by atoms with Crippen molar-refractivity contribution in [3.63, 3.8) is 0 Å². The van der Waals surface area contributed by atoms with Crippen molar-refractivity contribution in [3.8, 4) is 0 Å². The van der Waals surface area contributed by atoms with Crippen molar-refractivity contribution in [1.29, 1.82) is 0 Å². The smallest absolute Gasteiger partial charge is 0.0797 e. The third-order valence-corrected chi connectivity index (χ3v) is 4.19. The summed E-state index contributed by atoms with van der Waals surface area (Å²) >= 11 is 0. The molecule has 0 saturated heterocycles. The zero-order chi connectivity index (χ0) is 14.2. The van der Waals surface area contributed by atoms with Crippen LogP contribution in [0.5, 0.6) is 0 Å². The van der Waals surface area contributed by atoms with Gasteiger partial charge in [-0.15, -0.1) is 0 Å². The molecule has 0 aromatic carbocycles. The summed E-state index contributed by atoms with van der Waals surface area (Å²) < 4.78 is 0. The molecule has 1 N–H and O–H groups in total. The molecular weight excluding hydrogens is 236 g/mol. The molecule has 0 atom stereocenters. The van der Waals surface area contributed by atoms with Crippen LogP contribution in [0.15, 0.2) is 36.5 Å². The molecule has 0 rings (SSSR count). The van der Waals surface area contributed by atoms with Crippen LogP contribution in [0.3, 0.4) is 0 Å². The molecule has 18 heavy (non-hydrogen) atoms. The van der Waals surface area contributed by atoms with Crippen LogP contribution in [0, 0.1) is 0 Å². The van der Waals surface area contributed by atoms with Crippen molar-refractivity contribution in [3.05, 3.63) is 36.5 Å². The van der Waals surface area contributed by atoms with Crippen LogP contribution in [0.1, 0.15) is 33.1 Å². The summed E-state index contributed by atoms with van der Waals surface area (Å²) in [4.78, 5) is 0. The van der Waals surface area contributed by atoms with Crippen molar-refractivity contribution >= 4 is 8.07 Å². The van der Waals surface area contributed by atoms with Gasteiger partial charge in [-0.25, -0.2) is 0 Å². The van der Waals surface area contributed by atoms with E-state index in [1.807, 2.05) is 26.0 Å². The SMILES string of the molecule is C=C/C=C\CCC/C=C(\C[Si](C)(C)C)C(C)(C)O. The summed E-state index contributed by atoms with van der Waals surface area (Å²) in [6.07, 6.45) is 11.4. The van der Waals surface area contributed by atoms with E-state index in [-0.39, 0.29) is 0 Å². The van der Waals surface area contributed by atoms with Gasteiger partial charge in [0.25, 0.3) is 0 Å². The Hall–Kier alpha value is -0.603. The van der Waals surface area contributed by atoms with Gasteiger partial charge in [-0.3, -0.25) is 0 Å². The molecule has 104 valence electrons. The van der Waals surface area contributed by atoms with Gasteiger partial charge in [-0.1, -0.05) is 50.5 Å². The molecule has 0 amide bonds. The maximum atomic E-state index is 10.2. The molecular formula is C16H30OSi. The van der Waals surface area contributed by atoms with Gasteiger partial charge >= 0.3 is 0 Å². The van der Waals surface area contributed by atoms with Crippen LogP contribution < -0.4 is 0 Å². The second-order valence-electron chi connectivity index (χ2n) is 6.62. The lowest BCUT2D eigenvalue weighted by Crippen LogP contribution is -2.29. The Kier molecular flexibility index (Phi) is 7.49. The summed E-state index contributed by atoms with van der Waals surface area (Å²) in [5.41, 5.74) is 0.548. The van der Waals surface area contributed by atoms with Gasteiger partial charge in [0, 0.05) is 8.07 Å². The first-order valence-electron chi connectivity index (χ1n) is 6.86. The molecule has 0 aliphatic heterocycles.